The van der Waals surface area contributed by atoms with Crippen LogP contribution in [0.3, 0.4) is 0 Å². The lowest BCUT2D eigenvalue weighted by atomic mass is 10.2. The first-order valence-corrected chi connectivity index (χ1v) is 5.90. The average molecular weight is 244 g/mol. The third kappa shape index (κ3) is 2.37. The number of alkyl halides is 1. The van der Waals surface area contributed by atoms with E-state index >= 15 is 0 Å². The van der Waals surface area contributed by atoms with Crippen LogP contribution in [0, 0.1) is 19.8 Å². The van der Waals surface area contributed by atoms with Crippen molar-refractivity contribution in [3.8, 4) is 0 Å². The van der Waals surface area contributed by atoms with Crippen LogP contribution in [0.4, 0.5) is 0 Å². The number of aryl methyl sites for hydroxylation is 1. The molecule has 0 saturated heterocycles. The van der Waals surface area contributed by atoms with Crippen molar-refractivity contribution < 1.29 is 0 Å². The van der Waals surface area contributed by atoms with Gasteiger partial charge in [-0.05, 0) is 31.4 Å². The summed E-state index contributed by atoms with van der Waals surface area (Å²) in [5.74, 6) is 0.716. The van der Waals surface area contributed by atoms with Gasteiger partial charge >= 0.3 is 0 Å². The summed E-state index contributed by atoms with van der Waals surface area (Å²) >= 11 is 3.51. The molecule has 1 heterocycles. The highest BCUT2D eigenvalue weighted by molar-refractivity contribution is 9.08. The van der Waals surface area contributed by atoms with Crippen LogP contribution >= 0.6 is 15.9 Å². The van der Waals surface area contributed by atoms with Crippen molar-refractivity contribution in [2.45, 2.75) is 39.6 Å². The molecule has 0 unspecified atom stereocenters. The number of hydrogen-bond acceptors (Lipinski definition) is 0. The van der Waals surface area contributed by atoms with E-state index in [4.69, 9.17) is 0 Å². The molecular weight excluding hydrogens is 226 g/mol. The third-order valence-corrected chi connectivity index (χ3v) is 2.97. The lowest BCUT2D eigenvalue weighted by molar-refractivity contribution is 0.508. The van der Waals surface area contributed by atoms with E-state index in [0.29, 0.717) is 5.92 Å². The highest BCUT2D eigenvalue weighted by Crippen LogP contribution is 2.18. The molecule has 13 heavy (non-hydrogen) atoms. The van der Waals surface area contributed by atoms with E-state index in [-0.39, 0.29) is 0 Å². The summed E-state index contributed by atoms with van der Waals surface area (Å²) < 4.78 is 2.40. The first kappa shape index (κ1) is 10.8. The monoisotopic (exact) mass is 243 g/mol. The molecule has 0 saturated carbocycles. The van der Waals surface area contributed by atoms with E-state index in [1.807, 2.05) is 0 Å². The second-order valence-corrected chi connectivity index (χ2v) is 4.60. The average Bonchev–Trinajstić information content (AvgIpc) is 2.31. The van der Waals surface area contributed by atoms with Gasteiger partial charge in [-0.1, -0.05) is 29.8 Å². The predicted molar refractivity (Wildman–Crippen MR) is 61.4 cm³/mol. The zero-order chi connectivity index (χ0) is 10.0. The van der Waals surface area contributed by atoms with E-state index in [9.17, 15) is 0 Å². The van der Waals surface area contributed by atoms with Crippen LogP contribution in [0.5, 0.6) is 0 Å². The van der Waals surface area contributed by atoms with E-state index in [2.05, 4.69) is 54.3 Å². The summed E-state index contributed by atoms with van der Waals surface area (Å²) in [5, 5.41) is 0.963. The maximum Gasteiger partial charge on any atom is 0.0300 e. The van der Waals surface area contributed by atoms with Gasteiger partial charge in [-0.25, -0.2) is 0 Å². The normalized spacial score (nSPS) is 11.2. The molecule has 0 spiro atoms. The maximum absolute atomic E-state index is 3.51. The Balaban J connectivity index is 2.98. The molecule has 1 aromatic rings. The van der Waals surface area contributed by atoms with Crippen molar-refractivity contribution in [2.24, 2.45) is 5.92 Å². The molecule has 0 N–H and O–H groups in total. The number of nitrogens with zero attached hydrogens (tertiary/aromatic N) is 1. The molecule has 0 aliphatic carbocycles. The molecule has 0 radical (unpaired) electrons. The van der Waals surface area contributed by atoms with Crippen LogP contribution in [0.2, 0.25) is 0 Å². The van der Waals surface area contributed by atoms with Crippen LogP contribution in [-0.4, -0.2) is 4.57 Å². The quantitative estimate of drug-likeness (QED) is 0.715. The van der Waals surface area contributed by atoms with Gasteiger partial charge in [-0.2, -0.15) is 0 Å². The summed E-state index contributed by atoms with van der Waals surface area (Å²) in [5.41, 5.74) is 4.20. The third-order valence-electron chi connectivity index (χ3n) is 2.37. The second-order valence-electron chi connectivity index (χ2n) is 4.03. The number of aromatic nitrogens is 1. The van der Waals surface area contributed by atoms with Gasteiger partial charge in [0.15, 0.2) is 0 Å². The van der Waals surface area contributed by atoms with Crippen molar-refractivity contribution in [1.29, 1.82) is 0 Å². The molecule has 0 fully saturated rings. The molecule has 0 amide bonds. The molecular formula is C11H18BrN. The Morgan fingerprint density at radius 3 is 2.38 bits per heavy atom. The highest BCUT2D eigenvalue weighted by atomic mass is 79.9. The van der Waals surface area contributed by atoms with Crippen LogP contribution in [0.25, 0.3) is 0 Å². The van der Waals surface area contributed by atoms with Crippen LogP contribution in [-0.2, 0) is 11.9 Å². The van der Waals surface area contributed by atoms with Crippen LogP contribution in [0.15, 0.2) is 6.07 Å². The number of rotatable bonds is 3. The fourth-order valence-corrected chi connectivity index (χ4v) is 2.22. The van der Waals surface area contributed by atoms with E-state index in [1.54, 1.807) is 0 Å². The van der Waals surface area contributed by atoms with Gasteiger partial charge in [-0.15, -0.1) is 0 Å². The van der Waals surface area contributed by atoms with Gasteiger partial charge in [0.25, 0.3) is 0 Å². The first-order chi connectivity index (χ1) is 6.06. The highest BCUT2D eigenvalue weighted by Gasteiger charge is 2.08. The van der Waals surface area contributed by atoms with Crippen molar-refractivity contribution in [1.82, 2.24) is 4.57 Å². The molecule has 1 rings (SSSR count). The van der Waals surface area contributed by atoms with Crippen molar-refractivity contribution in [2.75, 3.05) is 0 Å². The number of halogens is 1. The van der Waals surface area contributed by atoms with Crippen molar-refractivity contribution in [3.05, 3.63) is 23.0 Å². The largest absolute Gasteiger partial charge is 0.349 e. The smallest absolute Gasteiger partial charge is 0.0300 e. The molecule has 0 bridgehead atoms. The zero-order valence-corrected chi connectivity index (χ0v) is 10.5. The minimum absolute atomic E-state index is 0.716. The Kier molecular flexibility index (Phi) is 3.60. The van der Waals surface area contributed by atoms with Crippen LogP contribution in [0.1, 0.15) is 30.8 Å². The van der Waals surface area contributed by atoms with E-state index in [0.717, 1.165) is 11.9 Å². The summed E-state index contributed by atoms with van der Waals surface area (Å²) in [6, 6.07) is 2.27. The second kappa shape index (κ2) is 4.32. The van der Waals surface area contributed by atoms with E-state index < -0.39 is 0 Å². The van der Waals surface area contributed by atoms with Gasteiger partial charge in [0.2, 0.25) is 0 Å². The van der Waals surface area contributed by atoms with E-state index in [1.165, 1.54) is 17.0 Å². The lowest BCUT2D eigenvalue weighted by Gasteiger charge is -2.12. The SMILES string of the molecule is Cc1cc(CBr)c(C)n1CC(C)C. The lowest BCUT2D eigenvalue weighted by Crippen LogP contribution is -2.07. The molecule has 0 aliphatic rings. The van der Waals surface area contributed by atoms with Crippen LogP contribution < -0.4 is 0 Å². The number of hydrogen-bond donors (Lipinski definition) is 0. The van der Waals surface area contributed by atoms with Gasteiger partial charge in [-0.3, -0.25) is 0 Å². The molecule has 1 nitrogen and oxygen atoms in total. The molecule has 74 valence electrons. The maximum atomic E-state index is 3.51. The first-order valence-electron chi connectivity index (χ1n) is 4.77. The molecule has 1 aromatic heterocycles. The minimum atomic E-state index is 0.716. The Morgan fingerprint density at radius 1 is 1.38 bits per heavy atom. The van der Waals surface area contributed by atoms with Gasteiger partial charge in [0, 0.05) is 23.3 Å². The standard InChI is InChI=1S/C11H18BrN/c1-8(2)7-13-9(3)5-11(6-12)10(13)4/h5,8H,6-7H2,1-4H3. The van der Waals surface area contributed by atoms with Gasteiger partial charge < -0.3 is 4.57 Å². The fourth-order valence-electron chi connectivity index (χ4n) is 1.65. The summed E-state index contributed by atoms with van der Waals surface area (Å²) in [7, 11) is 0. The van der Waals surface area contributed by atoms with Gasteiger partial charge in [0.1, 0.15) is 0 Å². The molecule has 0 aromatic carbocycles. The Bertz CT molecular complexity index is 287. The zero-order valence-electron chi connectivity index (χ0n) is 8.89. The molecule has 0 aliphatic heterocycles. The molecule has 2 heteroatoms. The summed E-state index contributed by atoms with van der Waals surface area (Å²) in [4.78, 5) is 0. The van der Waals surface area contributed by atoms with Crippen molar-refractivity contribution >= 4 is 15.9 Å². The topological polar surface area (TPSA) is 4.93 Å². The summed E-state index contributed by atoms with van der Waals surface area (Å²) in [6.07, 6.45) is 0. The molecule has 0 atom stereocenters. The Labute approximate surface area is 89.3 Å². The van der Waals surface area contributed by atoms with Crippen molar-refractivity contribution in [3.63, 3.8) is 0 Å². The Hall–Kier alpha value is -0.240. The fraction of sp³-hybridized carbons (Fsp3) is 0.636. The summed E-state index contributed by atoms with van der Waals surface area (Å²) in [6.45, 7) is 10.0. The predicted octanol–water partition coefficient (Wildman–Crippen LogP) is 3.66. The minimum Gasteiger partial charge on any atom is -0.349 e. The Morgan fingerprint density at radius 2 is 2.00 bits per heavy atom. The van der Waals surface area contributed by atoms with Gasteiger partial charge in [0.05, 0.1) is 0 Å².